The van der Waals surface area contributed by atoms with Gasteiger partial charge in [-0.05, 0) is 25.7 Å². The number of amides is 1. The molecule has 0 radical (unpaired) electrons. The number of hydrogen-bond donors (Lipinski definition) is 2. The van der Waals surface area contributed by atoms with Crippen LogP contribution in [0.3, 0.4) is 0 Å². The molecule has 0 aliphatic heterocycles. The Morgan fingerprint density at radius 3 is 2.81 bits per heavy atom. The van der Waals surface area contributed by atoms with Gasteiger partial charge in [-0.3, -0.25) is 10.1 Å². The zero-order chi connectivity index (χ0) is 11.4. The average Bonchev–Trinajstić information content (AvgIpc) is 2.82. The van der Waals surface area contributed by atoms with Gasteiger partial charge < -0.3 is 9.72 Å². The molecule has 5 nitrogen and oxygen atoms in total. The molecule has 16 heavy (non-hydrogen) atoms. The van der Waals surface area contributed by atoms with E-state index in [9.17, 15) is 4.79 Å². The molecule has 0 spiro atoms. The first kappa shape index (κ1) is 11.1. The maximum atomic E-state index is 11.8. The first-order chi connectivity index (χ1) is 7.79. The summed E-state index contributed by atoms with van der Waals surface area (Å²) in [7, 11) is 1.73. The summed E-state index contributed by atoms with van der Waals surface area (Å²) < 4.78 is 5.27. The minimum Gasteiger partial charge on any atom is -0.381 e. The van der Waals surface area contributed by atoms with Crippen LogP contribution in [0.5, 0.6) is 0 Å². The number of anilines is 1. The lowest BCUT2D eigenvalue weighted by Crippen LogP contribution is -2.29. The molecule has 1 aromatic heterocycles. The number of carbonyl (C=O) groups is 1. The summed E-state index contributed by atoms with van der Waals surface area (Å²) in [5.41, 5.74) is 0. The summed E-state index contributed by atoms with van der Waals surface area (Å²) in [5, 5.41) is 2.78. The standard InChI is InChI=1S/C11H17N3O2/c1-16-9-4-2-8(3-5-9)10(15)14-11-12-6-7-13-11/h6-9H,2-5H2,1H3,(H2,12,13,14,15). The van der Waals surface area contributed by atoms with Gasteiger partial charge in [0.2, 0.25) is 11.9 Å². The Hall–Kier alpha value is -1.36. The van der Waals surface area contributed by atoms with Crippen LogP contribution < -0.4 is 5.32 Å². The van der Waals surface area contributed by atoms with E-state index in [1.165, 1.54) is 0 Å². The average molecular weight is 223 g/mol. The molecule has 1 aliphatic carbocycles. The van der Waals surface area contributed by atoms with E-state index in [0.717, 1.165) is 25.7 Å². The van der Waals surface area contributed by atoms with Crippen molar-refractivity contribution in [3.63, 3.8) is 0 Å². The van der Waals surface area contributed by atoms with Gasteiger partial charge in [0.15, 0.2) is 0 Å². The van der Waals surface area contributed by atoms with E-state index in [2.05, 4.69) is 15.3 Å². The number of nitrogens with zero attached hydrogens (tertiary/aromatic N) is 1. The molecule has 2 rings (SSSR count). The highest BCUT2D eigenvalue weighted by Crippen LogP contribution is 2.26. The fraction of sp³-hybridized carbons (Fsp3) is 0.636. The lowest BCUT2D eigenvalue weighted by atomic mass is 9.87. The molecule has 2 N–H and O–H groups in total. The lowest BCUT2D eigenvalue weighted by molar-refractivity contribution is -0.121. The van der Waals surface area contributed by atoms with Crippen molar-refractivity contribution in [2.45, 2.75) is 31.8 Å². The van der Waals surface area contributed by atoms with Gasteiger partial charge in [0.05, 0.1) is 6.10 Å². The summed E-state index contributed by atoms with van der Waals surface area (Å²) >= 11 is 0. The van der Waals surface area contributed by atoms with Crippen LogP contribution in [0.1, 0.15) is 25.7 Å². The summed E-state index contributed by atoms with van der Waals surface area (Å²) in [6.07, 6.45) is 7.36. The van der Waals surface area contributed by atoms with Gasteiger partial charge >= 0.3 is 0 Å². The van der Waals surface area contributed by atoms with Crippen LogP contribution in [-0.4, -0.2) is 29.1 Å². The highest BCUT2D eigenvalue weighted by Gasteiger charge is 2.26. The molecular formula is C11H17N3O2. The van der Waals surface area contributed by atoms with Crippen LogP contribution >= 0.6 is 0 Å². The van der Waals surface area contributed by atoms with E-state index >= 15 is 0 Å². The molecule has 0 atom stereocenters. The third kappa shape index (κ3) is 2.61. The fourth-order valence-corrected chi connectivity index (χ4v) is 2.11. The fourth-order valence-electron chi connectivity index (χ4n) is 2.11. The number of ether oxygens (including phenoxy) is 1. The van der Waals surface area contributed by atoms with Crippen molar-refractivity contribution in [3.05, 3.63) is 12.4 Å². The molecule has 1 aromatic rings. The van der Waals surface area contributed by atoms with E-state index in [1.54, 1.807) is 19.5 Å². The Bertz CT molecular complexity index is 329. The lowest BCUT2D eigenvalue weighted by Gasteiger charge is -2.26. The number of H-pyrrole nitrogens is 1. The number of imidazole rings is 1. The maximum Gasteiger partial charge on any atom is 0.229 e. The van der Waals surface area contributed by atoms with Crippen molar-refractivity contribution < 1.29 is 9.53 Å². The Balaban J connectivity index is 1.82. The molecule has 0 bridgehead atoms. The van der Waals surface area contributed by atoms with Crippen LogP contribution in [-0.2, 0) is 9.53 Å². The number of aromatic nitrogens is 2. The van der Waals surface area contributed by atoms with Crippen LogP contribution in [0.25, 0.3) is 0 Å². The number of hydrogen-bond acceptors (Lipinski definition) is 3. The number of rotatable bonds is 3. The van der Waals surface area contributed by atoms with Crippen molar-refractivity contribution in [2.24, 2.45) is 5.92 Å². The molecular weight excluding hydrogens is 206 g/mol. The second kappa shape index (κ2) is 5.12. The Labute approximate surface area is 94.6 Å². The van der Waals surface area contributed by atoms with Crippen molar-refractivity contribution >= 4 is 11.9 Å². The van der Waals surface area contributed by atoms with Crippen molar-refractivity contribution in [3.8, 4) is 0 Å². The molecule has 1 heterocycles. The largest absolute Gasteiger partial charge is 0.381 e. The van der Waals surface area contributed by atoms with E-state index in [-0.39, 0.29) is 11.8 Å². The molecule has 1 amide bonds. The molecule has 1 aliphatic rings. The van der Waals surface area contributed by atoms with Crippen LogP contribution in [0.15, 0.2) is 12.4 Å². The number of carbonyl (C=O) groups excluding carboxylic acids is 1. The second-order valence-corrected chi connectivity index (χ2v) is 4.14. The molecule has 0 unspecified atom stereocenters. The van der Waals surface area contributed by atoms with Gasteiger partial charge in [-0.25, -0.2) is 4.98 Å². The van der Waals surface area contributed by atoms with E-state index in [4.69, 9.17) is 4.74 Å². The van der Waals surface area contributed by atoms with E-state index < -0.39 is 0 Å². The zero-order valence-corrected chi connectivity index (χ0v) is 9.40. The Morgan fingerprint density at radius 1 is 1.50 bits per heavy atom. The number of aromatic amines is 1. The van der Waals surface area contributed by atoms with Gasteiger partial charge in [0, 0.05) is 25.4 Å². The van der Waals surface area contributed by atoms with E-state index in [1.807, 2.05) is 0 Å². The molecule has 0 aromatic carbocycles. The topological polar surface area (TPSA) is 67.0 Å². The summed E-state index contributed by atoms with van der Waals surface area (Å²) in [6, 6.07) is 0. The monoisotopic (exact) mass is 223 g/mol. The summed E-state index contributed by atoms with van der Waals surface area (Å²) in [6.45, 7) is 0. The highest BCUT2D eigenvalue weighted by molar-refractivity contribution is 5.90. The predicted molar refractivity (Wildman–Crippen MR) is 60.0 cm³/mol. The summed E-state index contributed by atoms with van der Waals surface area (Å²) in [4.78, 5) is 18.7. The number of nitrogens with one attached hydrogen (secondary N) is 2. The molecule has 88 valence electrons. The van der Waals surface area contributed by atoms with Gasteiger partial charge in [-0.15, -0.1) is 0 Å². The third-order valence-electron chi connectivity index (χ3n) is 3.12. The Morgan fingerprint density at radius 2 is 2.25 bits per heavy atom. The molecule has 5 heteroatoms. The third-order valence-corrected chi connectivity index (χ3v) is 3.12. The van der Waals surface area contributed by atoms with Crippen molar-refractivity contribution in [1.82, 2.24) is 9.97 Å². The first-order valence-electron chi connectivity index (χ1n) is 5.62. The van der Waals surface area contributed by atoms with Gasteiger partial charge in [0.25, 0.3) is 0 Å². The number of methoxy groups -OCH3 is 1. The quantitative estimate of drug-likeness (QED) is 0.817. The Kier molecular flexibility index (Phi) is 3.56. The van der Waals surface area contributed by atoms with Gasteiger partial charge in [-0.2, -0.15) is 0 Å². The molecule has 0 saturated heterocycles. The summed E-state index contributed by atoms with van der Waals surface area (Å²) in [5.74, 6) is 0.680. The van der Waals surface area contributed by atoms with Crippen molar-refractivity contribution in [2.75, 3.05) is 12.4 Å². The highest BCUT2D eigenvalue weighted by atomic mass is 16.5. The van der Waals surface area contributed by atoms with Crippen LogP contribution in [0.4, 0.5) is 5.95 Å². The minimum atomic E-state index is 0.0597. The maximum absolute atomic E-state index is 11.8. The molecule has 1 fully saturated rings. The smallest absolute Gasteiger partial charge is 0.229 e. The zero-order valence-electron chi connectivity index (χ0n) is 9.40. The minimum absolute atomic E-state index is 0.0597. The van der Waals surface area contributed by atoms with Crippen LogP contribution in [0.2, 0.25) is 0 Å². The SMILES string of the molecule is COC1CCC(C(=O)Nc2ncc[nH]2)CC1. The predicted octanol–water partition coefficient (Wildman–Crippen LogP) is 1.55. The van der Waals surface area contributed by atoms with E-state index in [0.29, 0.717) is 12.1 Å². The first-order valence-corrected chi connectivity index (χ1v) is 5.62. The van der Waals surface area contributed by atoms with Gasteiger partial charge in [-0.1, -0.05) is 0 Å². The van der Waals surface area contributed by atoms with Gasteiger partial charge in [0.1, 0.15) is 0 Å². The van der Waals surface area contributed by atoms with Crippen molar-refractivity contribution in [1.29, 1.82) is 0 Å². The normalized spacial score (nSPS) is 25.3. The molecule has 1 saturated carbocycles. The second-order valence-electron chi connectivity index (χ2n) is 4.14. The van der Waals surface area contributed by atoms with Crippen LogP contribution in [0, 0.1) is 5.92 Å².